The van der Waals surface area contributed by atoms with Gasteiger partial charge in [0.25, 0.3) is 0 Å². The Bertz CT molecular complexity index is 205. The van der Waals surface area contributed by atoms with Crippen LogP contribution in [0.25, 0.3) is 0 Å². The van der Waals surface area contributed by atoms with Crippen molar-refractivity contribution < 1.29 is 9.90 Å². The second-order valence-electron chi connectivity index (χ2n) is 4.73. The Balaban J connectivity index is 4.10. The lowest BCUT2D eigenvalue weighted by Crippen LogP contribution is -2.54. The molecule has 4 nitrogen and oxygen atoms in total. The van der Waals surface area contributed by atoms with E-state index in [-0.39, 0.29) is 24.6 Å². The molecule has 0 saturated carbocycles. The van der Waals surface area contributed by atoms with E-state index in [0.717, 1.165) is 6.42 Å². The summed E-state index contributed by atoms with van der Waals surface area (Å²) in [5.41, 5.74) is -0.424. The van der Waals surface area contributed by atoms with Crippen molar-refractivity contribution in [1.29, 1.82) is 0 Å². The summed E-state index contributed by atoms with van der Waals surface area (Å²) in [4.78, 5) is 11.7. The van der Waals surface area contributed by atoms with E-state index in [0.29, 0.717) is 0 Å². The summed E-state index contributed by atoms with van der Waals surface area (Å²) in [5.74, 6) is -0.0223. The van der Waals surface area contributed by atoms with Gasteiger partial charge in [0.1, 0.15) is 0 Å². The van der Waals surface area contributed by atoms with Gasteiger partial charge in [-0.05, 0) is 34.1 Å². The van der Waals surface area contributed by atoms with Gasteiger partial charge in [-0.25, -0.2) is 0 Å². The zero-order valence-corrected chi connectivity index (χ0v) is 10.4. The average molecular weight is 216 g/mol. The standard InChI is InChI=1S/C11H24N2O2/c1-6-8(2)12-10(15)9(3)13-11(4,5)7-14/h8-9,13-14H,6-7H2,1-5H3,(H,12,15). The summed E-state index contributed by atoms with van der Waals surface area (Å²) < 4.78 is 0. The van der Waals surface area contributed by atoms with Gasteiger partial charge in [0.05, 0.1) is 12.6 Å². The van der Waals surface area contributed by atoms with E-state index in [1.807, 2.05) is 27.7 Å². The zero-order chi connectivity index (χ0) is 12.1. The van der Waals surface area contributed by atoms with E-state index in [9.17, 15) is 4.79 Å². The van der Waals surface area contributed by atoms with E-state index >= 15 is 0 Å². The predicted octanol–water partition coefficient (Wildman–Crippen LogP) is 0.650. The first kappa shape index (κ1) is 14.4. The van der Waals surface area contributed by atoms with E-state index < -0.39 is 5.54 Å². The second-order valence-corrected chi connectivity index (χ2v) is 4.73. The zero-order valence-electron chi connectivity index (χ0n) is 10.4. The maximum Gasteiger partial charge on any atom is 0.237 e. The van der Waals surface area contributed by atoms with Crippen molar-refractivity contribution in [2.45, 2.75) is 58.7 Å². The van der Waals surface area contributed by atoms with Gasteiger partial charge in [0, 0.05) is 11.6 Å². The Morgan fingerprint density at radius 2 is 1.93 bits per heavy atom. The molecule has 0 fully saturated rings. The third-order valence-electron chi connectivity index (χ3n) is 2.40. The number of nitrogens with one attached hydrogen (secondary N) is 2. The molecule has 0 radical (unpaired) electrons. The van der Waals surface area contributed by atoms with Crippen molar-refractivity contribution >= 4 is 5.91 Å². The molecule has 0 aliphatic rings. The number of rotatable bonds is 6. The lowest BCUT2D eigenvalue weighted by Gasteiger charge is -2.28. The Morgan fingerprint density at radius 3 is 2.33 bits per heavy atom. The molecule has 0 aromatic heterocycles. The topological polar surface area (TPSA) is 61.4 Å². The third-order valence-corrected chi connectivity index (χ3v) is 2.40. The van der Waals surface area contributed by atoms with Gasteiger partial charge in [-0.2, -0.15) is 0 Å². The molecule has 3 N–H and O–H groups in total. The molecule has 2 atom stereocenters. The minimum Gasteiger partial charge on any atom is -0.394 e. The first-order chi connectivity index (χ1) is 6.82. The smallest absolute Gasteiger partial charge is 0.237 e. The van der Waals surface area contributed by atoms with Crippen LogP contribution in [-0.4, -0.2) is 35.2 Å². The lowest BCUT2D eigenvalue weighted by molar-refractivity contribution is -0.124. The van der Waals surface area contributed by atoms with Crippen LogP contribution < -0.4 is 10.6 Å². The summed E-state index contributed by atoms with van der Waals surface area (Å²) in [6.07, 6.45) is 0.919. The van der Waals surface area contributed by atoms with Crippen molar-refractivity contribution in [2.75, 3.05) is 6.61 Å². The maximum absolute atomic E-state index is 11.7. The number of aliphatic hydroxyl groups excluding tert-OH is 1. The molecule has 4 heteroatoms. The van der Waals surface area contributed by atoms with Gasteiger partial charge in [-0.1, -0.05) is 6.92 Å². The van der Waals surface area contributed by atoms with Gasteiger partial charge >= 0.3 is 0 Å². The quantitative estimate of drug-likeness (QED) is 0.611. The maximum atomic E-state index is 11.7. The molecular weight excluding hydrogens is 192 g/mol. The van der Waals surface area contributed by atoms with Gasteiger partial charge < -0.3 is 10.4 Å². The van der Waals surface area contributed by atoms with Crippen LogP contribution in [0.2, 0.25) is 0 Å². The van der Waals surface area contributed by atoms with Crippen molar-refractivity contribution in [1.82, 2.24) is 10.6 Å². The van der Waals surface area contributed by atoms with Gasteiger partial charge in [0.15, 0.2) is 0 Å². The number of carbonyl (C=O) groups excluding carboxylic acids is 1. The molecule has 0 saturated heterocycles. The average Bonchev–Trinajstić information content (AvgIpc) is 2.16. The molecule has 0 aromatic rings. The van der Waals surface area contributed by atoms with Crippen molar-refractivity contribution in [3.63, 3.8) is 0 Å². The Hall–Kier alpha value is -0.610. The summed E-state index contributed by atoms with van der Waals surface area (Å²) >= 11 is 0. The van der Waals surface area contributed by atoms with E-state index in [2.05, 4.69) is 10.6 Å². The van der Waals surface area contributed by atoms with Gasteiger partial charge in [-0.3, -0.25) is 10.1 Å². The van der Waals surface area contributed by atoms with Crippen molar-refractivity contribution in [3.05, 3.63) is 0 Å². The van der Waals surface area contributed by atoms with E-state index in [4.69, 9.17) is 5.11 Å². The molecule has 0 aliphatic heterocycles. The van der Waals surface area contributed by atoms with Crippen LogP contribution >= 0.6 is 0 Å². The molecule has 0 aromatic carbocycles. The van der Waals surface area contributed by atoms with Crippen LogP contribution in [-0.2, 0) is 4.79 Å². The highest BCUT2D eigenvalue weighted by atomic mass is 16.3. The highest BCUT2D eigenvalue weighted by Gasteiger charge is 2.23. The first-order valence-electron chi connectivity index (χ1n) is 5.51. The highest BCUT2D eigenvalue weighted by molar-refractivity contribution is 5.81. The molecule has 0 bridgehead atoms. The first-order valence-corrected chi connectivity index (χ1v) is 5.51. The number of hydrogen-bond acceptors (Lipinski definition) is 3. The molecule has 0 heterocycles. The molecule has 0 rings (SSSR count). The normalized spacial score (nSPS) is 15.9. The monoisotopic (exact) mass is 216 g/mol. The van der Waals surface area contributed by atoms with Crippen LogP contribution in [0.5, 0.6) is 0 Å². The molecule has 1 amide bonds. The number of amides is 1. The summed E-state index contributed by atoms with van der Waals surface area (Å²) in [6, 6.07) is -0.0971. The largest absolute Gasteiger partial charge is 0.394 e. The summed E-state index contributed by atoms with van der Waals surface area (Å²) in [6.45, 7) is 9.53. The Labute approximate surface area is 92.4 Å². The molecule has 2 unspecified atom stereocenters. The minimum atomic E-state index is -0.424. The molecule has 90 valence electrons. The van der Waals surface area contributed by atoms with Gasteiger partial charge in [-0.15, -0.1) is 0 Å². The fraction of sp³-hybridized carbons (Fsp3) is 0.909. The number of hydrogen-bond donors (Lipinski definition) is 3. The van der Waals surface area contributed by atoms with E-state index in [1.54, 1.807) is 6.92 Å². The van der Waals surface area contributed by atoms with Crippen molar-refractivity contribution in [3.8, 4) is 0 Å². The molecule has 0 aliphatic carbocycles. The molecular formula is C11H24N2O2. The second kappa shape index (κ2) is 6.08. The fourth-order valence-corrected chi connectivity index (χ4v) is 1.17. The summed E-state index contributed by atoms with van der Waals surface area (Å²) in [5, 5.41) is 15.0. The number of aliphatic hydroxyl groups is 1. The SMILES string of the molecule is CCC(C)NC(=O)C(C)NC(C)(C)CO. The molecule has 15 heavy (non-hydrogen) atoms. The van der Waals surface area contributed by atoms with Crippen LogP contribution in [0.3, 0.4) is 0 Å². The highest BCUT2D eigenvalue weighted by Crippen LogP contribution is 2.02. The van der Waals surface area contributed by atoms with Crippen LogP contribution in [0.4, 0.5) is 0 Å². The fourth-order valence-electron chi connectivity index (χ4n) is 1.17. The third kappa shape index (κ3) is 5.74. The van der Waals surface area contributed by atoms with Crippen LogP contribution in [0, 0.1) is 0 Å². The lowest BCUT2D eigenvalue weighted by atomic mass is 10.1. The predicted molar refractivity (Wildman–Crippen MR) is 61.7 cm³/mol. The Morgan fingerprint density at radius 1 is 1.40 bits per heavy atom. The van der Waals surface area contributed by atoms with Gasteiger partial charge in [0.2, 0.25) is 5.91 Å². The van der Waals surface area contributed by atoms with E-state index in [1.165, 1.54) is 0 Å². The minimum absolute atomic E-state index is 0.00789. The summed E-state index contributed by atoms with van der Waals surface area (Å²) in [7, 11) is 0. The number of carbonyl (C=O) groups is 1. The molecule has 0 spiro atoms. The van der Waals surface area contributed by atoms with Crippen LogP contribution in [0.15, 0.2) is 0 Å². The van der Waals surface area contributed by atoms with Crippen molar-refractivity contribution in [2.24, 2.45) is 0 Å². The van der Waals surface area contributed by atoms with Crippen LogP contribution in [0.1, 0.15) is 41.0 Å². The Kier molecular flexibility index (Phi) is 5.83.